The summed E-state index contributed by atoms with van der Waals surface area (Å²) in [7, 11) is 2.97. The summed E-state index contributed by atoms with van der Waals surface area (Å²) in [6.07, 6.45) is 0.907. The van der Waals surface area contributed by atoms with Crippen LogP contribution < -0.4 is 21.3 Å². The van der Waals surface area contributed by atoms with Crippen LogP contribution in [0.4, 0.5) is 5.95 Å². The van der Waals surface area contributed by atoms with Gasteiger partial charge in [-0.15, -0.1) is 0 Å². The quantitative estimate of drug-likeness (QED) is 0.466. The van der Waals surface area contributed by atoms with Crippen molar-refractivity contribution in [2.24, 2.45) is 14.1 Å². The van der Waals surface area contributed by atoms with Crippen LogP contribution in [0.5, 0.6) is 5.75 Å². The molecule has 1 atom stereocenters. The summed E-state index contributed by atoms with van der Waals surface area (Å²) in [6, 6.07) is 4.81. The first-order chi connectivity index (χ1) is 14.7. The van der Waals surface area contributed by atoms with Gasteiger partial charge in [0.1, 0.15) is 18.5 Å². The lowest BCUT2D eigenvalue weighted by Crippen LogP contribution is -2.38. The summed E-state index contributed by atoms with van der Waals surface area (Å²) in [5, 5.41) is 14.6. The van der Waals surface area contributed by atoms with Gasteiger partial charge < -0.3 is 19.7 Å². The monoisotopic (exact) mass is 469 g/mol. The fourth-order valence-electron chi connectivity index (χ4n) is 3.18. The van der Waals surface area contributed by atoms with Crippen molar-refractivity contribution in [3.8, 4) is 5.75 Å². The van der Waals surface area contributed by atoms with Crippen molar-refractivity contribution < 1.29 is 9.84 Å². The molecule has 0 aliphatic carbocycles. The predicted octanol–water partition coefficient (Wildman–Crippen LogP) is 2.39. The summed E-state index contributed by atoms with van der Waals surface area (Å²) in [5.41, 5.74) is -0.473. The van der Waals surface area contributed by atoms with E-state index in [9.17, 15) is 14.7 Å². The molecular weight excluding hydrogens is 445 g/mol. The number of aliphatic hydroxyl groups is 1. The Morgan fingerprint density at radius 1 is 1.23 bits per heavy atom. The van der Waals surface area contributed by atoms with Gasteiger partial charge in [-0.2, -0.15) is 4.98 Å². The Balaban J connectivity index is 1.92. The molecule has 3 rings (SSSR count). The Morgan fingerprint density at radius 3 is 2.65 bits per heavy atom. The van der Waals surface area contributed by atoms with Crippen molar-refractivity contribution in [1.82, 2.24) is 18.7 Å². The lowest BCUT2D eigenvalue weighted by molar-refractivity contribution is 0.0938. The standard InChI is InChI=1S/C20H25Cl2N5O4/c1-4-5-8-23-19-24-17-16(18(29)26(3)20(30)25(17)2)27(19)10-13(28)11-31-15-7-6-12(21)9-14(15)22/h6-7,9,13,28H,4-5,8,10-11H2,1-3H3,(H,23,24)/t13-/m0/s1. The second-order valence-corrected chi connectivity index (χ2v) is 8.09. The third-order valence-corrected chi connectivity index (χ3v) is 5.41. The number of ether oxygens (including phenoxy) is 1. The van der Waals surface area contributed by atoms with Crippen LogP contribution in [-0.2, 0) is 20.6 Å². The number of aromatic nitrogens is 4. The van der Waals surface area contributed by atoms with Gasteiger partial charge >= 0.3 is 5.69 Å². The van der Waals surface area contributed by atoms with E-state index in [1.165, 1.54) is 11.6 Å². The van der Waals surface area contributed by atoms with E-state index >= 15 is 0 Å². The molecule has 11 heteroatoms. The molecule has 9 nitrogen and oxygen atoms in total. The smallest absolute Gasteiger partial charge is 0.332 e. The van der Waals surface area contributed by atoms with Gasteiger partial charge in [-0.3, -0.25) is 13.9 Å². The van der Waals surface area contributed by atoms with E-state index in [4.69, 9.17) is 27.9 Å². The Labute approximate surface area is 188 Å². The van der Waals surface area contributed by atoms with E-state index in [2.05, 4.69) is 17.2 Å². The molecule has 0 spiro atoms. The molecule has 0 saturated heterocycles. The fourth-order valence-corrected chi connectivity index (χ4v) is 3.64. The Bertz CT molecular complexity index is 1200. The molecule has 168 valence electrons. The van der Waals surface area contributed by atoms with Crippen molar-refractivity contribution >= 4 is 40.3 Å². The molecule has 0 unspecified atom stereocenters. The van der Waals surface area contributed by atoms with Crippen LogP contribution in [0.2, 0.25) is 10.0 Å². The van der Waals surface area contributed by atoms with Crippen LogP contribution >= 0.6 is 23.2 Å². The Hall–Kier alpha value is -2.49. The van der Waals surface area contributed by atoms with E-state index in [-0.39, 0.29) is 24.3 Å². The minimum absolute atomic E-state index is 0.0314. The lowest BCUT2D eigenvalue weighted by atomic mass is 10.3. The third-order valence-electron chi connectivity index (χ3n) is 4.88. The van der Waals surface area contributed by atoms with E-state index in [0.717, 1.165) is 17.4 Å². The number of halogens is 2. The average Bonchev–Trinajstić information content (AvgIpc) is 3.08. The summed E-state index contributed by atoms with van der Waals surface area (Å²) >= 11 is 12.0. The molecule has 0 bridgehead atoms. The number of nitrogens with zero attached hydrogens (tertiary/aromatic N) is 4. The minimum atomic E-state index is -0.974. The van der Waals surface area contributed by atoms with Gasteiger partial charge in [-0.25, -0.2) is 4.79 Å². The van der Waals surface area contributed by atoms with Crippen LogP contribution in [0.25, 0.3) is 11.2 Å². The van der Waals surface area contributed by atoms with Crippen LogP contribution in [0, 0.1) is 0 Å². The van der Waals surface area contributed by atoms with E-state index in [1.54, 1.807) is 29.8 Å². The zero-order chi connectivity index (χ0) is 22.7. The maximum absolute atomic E-state index is 12.8. The molecule has 0 radical (unpaired) electrons. The van der Waals surface area contributed by atoms with E-state index in [0.29, 0.717) is 28.3 Å². The number of hydrogen-bond acceptors (Lipinski definition) is 6. The molecule has 0 fully saturated rings. The second kappa shape index (κ2) is 9.76. The zero-order valence-corrected chi connectivity index (χ0v) is 19.1. The number of aliphatic hydroxyl groups excluding tert-OH is 1. The predicted molar refractivity (Wildman–Crippen MR) is 122 cm³/mol. The van der Waals surface area contributed by atoms with Gasteiger partial charge in [0.15, 0.2) is 11.2 Å². The SMILES string of the molecule is CCCCNc1nc2c(c(=O)n(C)c(=O)n2C)n1C[C@H](O)COc1ccc(Cl)cc1Cl. The third kappa shape index (κ3) is 4.89. The Morgan fingerprint density at radius 2 is 1.97 bits per heavy atom. The number of rotatable bonds is 9. The summed E-state index contributed by atoms with van der Waals surface area (Å²) in [6.45, 7) is 2.67. The minimum Gasteiger partial charge on any atom is -0.489 e. The molecule has 0 aliphatic heterocycles. The van der Waals surface area contributed by atoms with Crippen LogP contribution in [0.1, 0.15) is 19.8 Å². The van der Waals surface area contributed by atoms with Crippen molar-refractivity contribution in [2.45, 2.75) is 32.4 Å². The number of hydrogen-bond donors (Lipinski definition) is 2. The molecule has 31 heavy (non-hydrogen) atoms. The molecule has 2 N–H and O–H groups in total. The molecule has 3 aromatic rings. The number of fused-ring (bicyclic) bond motifs is 1. The molecule has 0 amide bonds. The van der Waals surface area contributed by atoms with Crippen LogP contribution in [0.3, 0.4) is 0 Å². The van der Waals surface area contributed by atoms with Crippen molar-refractivity contribution in [3.63, 3.8) is 0 Å². The van der Waals surface area contributed by atoms with Gasteiger partial charge in [0, 0.05) is 25.7 Å². The van der Waals surface area contributed by atoms with Crippen molar-refractivity contribution in [1.29, 1.82) is 0 Å². The van der Waals surface area contributed by atoms with Crippen molar-refractivity contribution in [3.05, 3.63) is 49.1 Å². The van der Waals surface area contributed by atoms with E-state index < -0.39 is 17.4 Å². The highest BCUT2D eigenvalue weighted by molar-refractivity contribution is 6.35. The summed E-state index contributed by atoms with van der Waals surface area (Å²) in [4.78, 5) is 29.6. The average molecular weight is 470 g/mol. The number of nitrogens with one attached hydrogen (secondary N) is 1. The first kappa shape index (κ1) is 23.2. The van der Waals surface area contributed by atoms with Gasteiger partial charge in [-0.1, -0.05) is 36.5 Å². The van der Waals surface area contributed by atoms with Crippen LogP contribution in [-0.4, -0.2) is 43.0 Å². The number of benzene rings is 1. The zero-order valence-electron chi connectivity index (χ0n) is 17.6. The number of imidazole rings is 1. The van der Waals surface area contributed by atoms with Crippen LogP contribution in [0.15, 0.2) is 27.8 Å². The van der Waals surface area contributed by atoms with Gasteiger partial charge in [0.05, 0.1) is 11.6 Å². The normalized spacial score (nSPS) is 12.3. The highest BCUT2D eigenvalue weighted by Crippen LogP contribution is 2.27. The summed E-state index contributed by atoms with van der Waals surface area (Å²) in [5.74, 6) is 0.797. The first-order valence-electron chi connectivity index (χ1n) is 9.90. The maximum atomic E-state index is 12.8. The Kier molecular flexibility index (Phi) is 7.30. The molecule has 0 aliphatic rings. The molecule has 1 aromatic carbocycles. The second-order valence-electron chi connectivity index (χ2n) is 7.24. The molecule has 0 saturated carbocycles. The first-order valence-corrected chi connectivity index (χ1v) is 10.7. The molecule has 2 aromatic heterocycles. The number of aryl methyl sites for hydroxylation is 1. The topological polar surface area (TPSA) is 103 Å². The molecule has 2 heterocycles. The maximum Gasteiger partial charge on any atom is 0.332 e. The van der Waals surface area contributed by atoms with Gasteiger partial charge in [0.25, 0.3) is 5.56 Å². The fraction of sp³-hybridized carbons (Fsp3) is 0.450. The molecular formula is C20H25Cl2N5O4. The van der Waals surface area contributed by atoms with Gasteiger partial charge in [-0.05, 0) is 24.6 Å². The highest BCUT2D eigenvalue weighted by atomic mass is 35.5. The largest absolute Gasteiger partial charge is 0.489 e. The highest BCUT2D eigenvalue weighted by Gasteiger charge is 2.21. The van der Waals surface area contributed by atoms with E-state index in [1.807, 2.05) is 0 Å². The summed E-state index contributed by atoms with van der Waals surface area (Å²) < 4.78 is 9.54. The number of unbranched alkanes of at least 4 members (excludes halogenated alkanes) is 1. The van der Waals surface area contributed by atoms with Crippen molar-refractivity contribution in [2.75, 3.05) is 18.5 Å². The number of anilines is 1. The van der Waals surface area contributed by atoms with Gasteiger partial charge in [0.2, 0.25) is 5.95 Å². The lowest BCUT2D eigenvalue weighted by Gasteiger charge is -2.16.